The zero-order valence-corrected chi connectivity index (χ0v) is 16.3. The summed E-state index contributed by atoms with van der Waals surface area (Å²) in [6, 6.07) is 0. The maximum absolute atomic E-state index is 5.51. The van der Waals surface area contributed by atoms with Crippen LogP contribution in [-0.2, 0) is 18.9 Å². The topological polar surface area (TPSA) is 36.9 Å². The van der Waals surface area contributed by atoms with Crippen molar-refractivity contribution < 1.29 is 18.9 Å². The minimum absolute atomic E-state index is 0.531. The number of rotatable bonds is 12. The molecule has 0 aliphatic rings. The SMILES string of the molecule is COCC(C)[Si](C(C)COC)(C(C)COC)C(C)COC. The first-order chi connectivity index (χ1) is 9.93. The molecule has 4 nitrogen and oxygen atoms in total. The Morgan fingerprint density at radius 3 is 0.857 bits per heavy atom. The summed E-state index contributed by atoms with van der Waals surface area (Å²) in [5, 5.41) is 0. The third kappa shape index (κ3) is 5.03. The minimum atomic E-state index is -1.79. The molecule has 128 valence electrons. The molecule has 0 aromatic carbocycles. The predicted octanol–water partition coefficient (Wildman–Crippen LogP) is 3.58. The smallest absolute Gasteiger partial charge is 0.0740 e. The molecule has 0 heterocycles. The van der Waals surface area contributed by atoms with Gasteiger partial charge in [-0.25, -0.2) is 0 Å². The van der Waals surface area contributed by atoms with Crippen LogP contribution in [0.4, 0.5) is 0 Å². The van der Waals surface area contributed by atoms with Gasteiger partial charge in [-0.05, 0) is 22.2 Å². The standard InChI is InChI=1S/C16H36O4Si/c1-13(9-17-5)21(14(2)10-18-6,15(3)11-19-7)16(4)12-20-8/h13-16H,9-12H2,1-8H3. The fourth-order valence-corrected chi connectivity index (χ4v) is 12.1. The average molecular weight is 321 g/mol. The largest absolute Gasteiger partial charge is 0.385 e. The molecule has 0 rings (SSSR count). The lowest BCUT2D eigenvalue weighted by Crippen LogP contribution is -2.54. The van der Waals surface area contributed by atoms with Crippen LogP contribution in [0.25, 0.3) is 0 Å². The molecule has 0 radical (unpaired) electrons. The van der Waals surface area contributed by atoms with Gasteiger partial charge in [-0.15, -0.1) is 0 Å². The van der Waals surface area contributed by atoms with E-state index in [2.05, 4.69) is 27.7 Å². The molecule has 5 heteroatoms. The predicted molar refractivity (Wildman–Crippen MR) is 91.0 cm³/mol. The molecular weight excluding hydrogens is 284 g/mol. The van der Waals surface area contributed by atoms with Crippen LogP contribution < -0.4 is 0 Å². The van der Waals surface area contributed by atoms with Crippen molar-refractivity contribution in [2.45, 2.75) is 49.9 Å². The van der Waals surface area contributed by atoms with Crippen LogP contribution in [0.15, 0.2) is 0 Å². The highest BCUT2D eigenvalue weighted by Gasteiger charge is 2.51. The molecule has 0 aromatic rings. The van der Waals surface area contributed by atoms with E-state index < -0.39 is 8.07 Å². The third-order valence-electron chi connectivity index (χ3n) is 5.08. The number of hydrogen-bond acceptors (Lipinski definition) is 4. The van der Waals surface area contributed by atoms with E-state index in [1.165, 1.54) is 0 Å². The zero-order chi connectivity index (χ0) is 16.5. The molecular formula is C16H36O4Si. The van der Waals surface area contributed by atoms with Crippen molar-refractivity contribution in [3.8, 4) is 0 Å². The van der Waals surface area contributed by atoms with Gasteiger partial charge in [0.1, 0.15) is 0 Å². The van der Waals surface area contributed by atoms with Gasteiger partial charge in [-0.3, -0.25) is 0 Å². The Morgan fingerprint density at radius 1 is 0.524 bits per heavy atom. The summed E-state index contributed by atoms with van der Waals surface area (Å²) in [5.74, 6) is 0. The van der Waals surface area contributed by atoms with Gasteiger partial charge >= 0.3 is 0 Å². The summed E-state index contributed by atoms with van der Waals surface area (Å²) >= 11 is 0. The molecule has 0 bridgehead atoms. The van der Waals surface area contributed by atoms with E-state index in [9.17, 15) is 0 Å². The fourth-order valence-electron chi connectivity index (χ4n) is 4.49. The molecule has 0 saturated carbocycles. The molecule has 4 unspecified atom stereocenters. The van der Waals surface area contributed by atoms with Crippen LogP contribution in [0.3, 0.4) is 0 Å². The van der Waals surface area contributed by atoms with Gasteiger partial charge in [0, 0.05) is 54.9 Å². The van der Waals surface area contributed by atoms with Crippen molar-refractivity contribution >= 4 is 8.07 Å². The molecule has 0 saturated heterocycles. The minimum Gasteiger partial charge on any atom is -0.385 e. The second-order valence-corrected chi connectivity index (χ2v) is 12.4. The van der Waals surface area contributed by atoms with E-state index in [0.717, 1.165) is 26.4 Å². The molecule has 0 amide bonds. The Morgan fingerprint density at radius 2 is 0.714 bits per heavy atom. The van der Waals surface area contributed by atoms with E-state index in [4.69, 9.17) is 18.9 Å². The second-order valence-electron chi connectivity index (χ2n) is 6.43. The van der Waals surface area contributed by atoms with E-state index >= 15 is 0 Å². The molecule has 0 aliphatic carbocycles. The summed E-state index contributed by atoms with van der Waals surface area (Å²) in [6.45, 7) is 12.5. The van der Waals surface area contributed by atoms with Crippen molar-refractivity contribution in [3.05, 3.63) is 0 Å². The first-order valence-electron chi connectivity index (χ1n) is 7.88. The van der Waals surface area contributed by atoms with Gasteiger partial charge in [0.2, 0.25) is 0 Å². The molecule has 0 spiro atoms. The van der Waals surface area contributed by atoms with Gasteiger partial charge in [0.25, 0.3) is 0 Å². The summed E-state index contributed by atoms with van der Waals surface area (Å²) < 4.78 is 22.0. The number of hydrogen-bond donors (Lipinski definition) is 0. The van der Waals surface area contributed by atoms with Crippen LogP contribution in [-0.4, -0.2) is 62.9 Å². The maximum Gasteiger partial charge on any atom is 0.0740 e. The van der Waals surface area contributed by atoms with Gasteiger partial charge < -0.3 is 18.9 Å². The molecule has 0 N–H and O–H groups in total. The highest BCUT2D eigenvalue weighted by molar-refractivity contribution is 6.85. The molecule has 0 fully saturated rings. The van der Waals surface area contributed by atoms with E-state index in [-0.39, 0.29) is 0 Å². The lowest BCUT2D eigenvalue weighted by atomic mass is 10.4. The maximum atomic E-state index is 5.51. The summed E-state index contributed by atoms with van der Waals surface area (Å²) in [4.78, 5) is 0. The van der Waals surface area contributed by atoms with Gasteiger partial charge in [0.15, 0.2) is 0 Å². The van der Waals surface area contributed by atoms with Crippen LogP contribution in [0.5, 0.6) is 0 Å². The average Bonchev–Trinajstić information content (AvgIpc) is 2.40. The van der Waals surface area contributed by atoms with Crippen LogP contribution in [0.1, 0.15) is 27.7 Å². The monoisotopic (exact) mass is 320 g/mol. The van der Waals surface area contributed by atoms with Crippen LogP contribution >= 0.6 is 0 Å². The lowest BCUT2D eigenvalue weighted by Gasteiger charge is -2.50. The Bertz CT molecular complexity index is 209. The van der Waals surface area contributed by atoms with Crippen molar-refractivity contribution in [2.24, 2.45) is 0 Å². The van der Waals surface area contributed by atoms with E-state index in [1.54, 1.807) is 28.4 Å². The summed E-state index contributed by atoms with van der Waals surface area (Å²) in [7, 11) is 5.37. The quantitative estimate of drug-likeness (QED) is 0.515. The molecule has 4 atom stereocenters. The Labute approximate surface area is 132 Å². The van der Waals surface area contributed by atoms with Crippen LogP contribution in [0.2, 0.25) is 22.2 Å². The lowest BCUT2D eigenvalue weighted by molar-refractivity contribution is 0.164. The van der Waals surface area contributed by atoms with E-state index in [1.807, 2.05) is 0 Å². The number of ether oxygens (including phenoxy) is 4. The van der Waals surface area contributed by atoms with Crippen LogP contribution in [0, 0.1) is 0 Å². The third-order valence-corrected chi connectivity index (χ3v) is 12.6. The summed E-state index contributed by atoms with van der Waals surface area (Å²) in [6.07, 6.45) is 0. The van der Waals surface area contributed by atoms with Crippen molar-refractivity contribution in [1.82, 2.24) is 0 Å². The molecule has 21 heavy (non-hydrogen) atoms. The molecule has 0 aromatic heterocycles. The normalized spacial score (nSPS) is 20.6. The van der Waals surface area contributed by atoms with Crippen molar-refractivity contribution in [3.63, 3.8) is 0 Å². The second kappa shape index (κ2) is 10.7. The Balaban J connectivity index is 5.67. The molecule has 0 aliphatic heterocycles. The van der Waals surface area contributed by atoms with Gasteiger partial charge in [-0.1, -0.05) is 27.7 Å². The van der Waals surface area contributed by atoms with Gasteiger partial charge in [0.05, 0.1) is 8.07 Å². The Kier molecular flexibility index (Phi) is 10.8. The fraction of sp³-hybridized carbons (Fsp3) is 1.00. The first-order valence-corrected chi connectivity index (χ1v) is 10.2. The Hall–Kier alpha value is 0.0569. The first kappa shape index (κ1) is 21.1. The highest BCUT2D eigenvalue weighted by atomic mass is 28.3. The number of methoxy groups -OCH3 is 4. The van der Waals surface area contributed by atoms with Crippen molar-refractivity contribution in [1.29, 1.82) is 0 Å². The van der Waals surface area contributed by atoms with E-state index in [0.29, 0.717) is 22.2 Å². The zero-order valence-electron chi connectivity index (χ0n) is 15.3. The highest BCUT2D eigenvalue weighted by Crippen LogP contribution is 2.50. The summed E-state index contributed by atoms with van der Waals surface area (Å²) in [5.41, 5.74) is 2.12. The van der Waals surface area contributed by atoms with Crippen molar-refractivity contribution in [2.75, 3.05) is 54.9 Å². The van der Waals surface area contributed by atoms with Gasteiger partial charge in [-0.2, -0.15) is 0 Å².